The first-order chi connectivity index (χ1) is 12.5. The number of carbonyl (C=O) groups is 1. The summed E-state index contributed by atoms with van der Waals surface area (Å²) in [5, 5.41) is 3.85. The Bertz CT molecular complexity index is 937. The number of hydrogen-bond donors (Lipinski definition) is 4. The number of pyridine rings is 1. The third-order valence-electron chi connectivity index (χ3n) is 3.28. The molecular formula is C16H13Cl2N7O. The minimum atomic E-state index is -0.380. The number of nitrogens with one attached hydrogen (secondary N) is 3. The number of halogens is 2. The van der Waals surface area contributed by atoms with Crippen molar-refractivity contribution in [2.75, 3.05) is 16.5 Å². The number of anilines is 4. The van der Waals surface area contributed by atoms with Crippen molar-refractivity contribution < 1.29 is 4.79 Å². The van der Waals surface area contributed by atoms with Crippen LogP contribution < -0.4 is 21.9 Å². The van der Waals surface area contributed by atoms with Gasteiger partial charge in [0.1, 0.15) is 12.0 Å². The van der Waals surface area contributed by atoms with E-state index in [1.807, 2.05) is 0 Å². The van der Waals surface area contributed by atoms with Crippen molar-refractivity contribution >= 4 is 52.1 Å². The van der Waals surface area contributed by atoms with E-state index in [0.29, 0.717) is 27.1 Å². The Morgan fingerprint density at radius 1 is 1.08 bits per heavy atom. The molecule has 1 aromatic carbocycles. The van der Waals surface area contributed by atoms with E-state index in [4.69, 9.17) is 28.9 Å². The predicted octanol–water partition coefficient (Wildman–Crippen LogP) is 3.26. The summed E-state index contributed by atoms with van der Waals surface area (Å²) in [5.74, 6) is 0.200. The summed E-state index contributed by atoms with van der Waals surface area (Å²) < 4.78 is 0. The molecule has 0 fully saturated rings. The number of rotatable bonds is 5. The van der Waals surface area contributed by atoms with Crippen molar-refractivity contribution in [3.05, 3.63) is 64.7 Å². The molecule has 0 aliphatic carbocycles. The van der Waals surface area contributed by atoms with Crippen molar-refractivity contribution in [1.82, 2.24) is 20.4 Å². The second-order valence-electron chi connectivity index (χ2n) is 5.06. The molecule has 3 rings (SSSR count). The summed E-state index contributed by atoms with van der Waals surface area (Å²) in [4.78, 5) is 24.0. The van der Waals surface area contributed by atoms with Gasteiger partial charge in [-0.15, -0.1) is 0 Å². The van der Waals surface area contributed by atoms with Gasteiger partial charge in [0.15, 0.2) is 11.6 Å². The Morgan fingerprint density at radius 3 is 2.62 bits per heavy atom. The minimum absolute atomic E-state index is 0.213. The van der Waals surface area contributed by atoms with Gasteiger partial charge in [-0.1, -0.05) is 23.2 Å². The van der Waals surface area contributed by atoms with E-state index in [1.54, 1.807) is 36.5 Å². The molecule has 2 aromatic heterocycles. The molecule has 0 saturated carbocycles. The quantitative estimate of drug-likeness (QED) is 0.494. The summed E-state index contributed by atoms with van der Waals surface area (Å²) in [5.41, 5.74) is 12.5. The Balaban J connectivity index is 1.72. The zero-order chi connectivity index (χ0) is 18.5. The lowest BCUT2D eigenvalue weighted by molar-refractivity contribution is 0.0962. The van der Waals surface area contributed by atoms with Crippen LogP contribution in [0.3, 0.4) is 0 Å². The molecule has 2 heterocycles. The number of carbonyl (C=O) groups excluding carboxylic acids is 1. The number of amides is 1. The molecule has 0 radical (unpaired) electrons. The summed E-state index contributed by atoms with van der Waals surface area (Å²) >= 11 is 11.9. The first-order valence-electron chi connectivity index (χ1n) is 7.33. The van der Waals surface area contributed by atoms with Crippen molar-refractivity contribution in [1.29, 1.82) is 0 Å². The van der Waals surface area contributed by atoms with Gasteiger partial charge in [-0.3, -0.25) is 20.6 Å². The van der Waals surface area contributed by atoms with Crippen LogP contribution in [0.4, 0.5) is 23.0 Å². The Kier molecular flexibility index (Phi) is 5.35. The van der Waals surface area contributed by atoms with E-state index in [-0.39, 0.29) is 17.4 Å². The summed E-state index contributed by atoms with van der Waals surface area (Å²) in [6, 6.07) is 8.31. The summed E-state index contributed by atoms with van der Waals surface area (Å²) in [6.07, 6.45) is 4.32. The molecule has 5 N–H and O–H groups in total. The number of hydrazine groups is 1. The van der Waals surface area contributed by atoms with Gasteiger partial charge in [-0.05, 0) is 30.3 Å². The molecule has 0 atom stereocenters. The number of nitrogens with zero attached hydrogens (tertiary/aromatic N) is 3. The van der Waals surface area contributed by atoms with E-state index in [9.17, 15) is 4.79 Å². The van der Waals surface area contributed by atoms with E-state index >= 15 is 0 Å². The van der Waals surface area contributed by atoms with Gasteiger partial charge in [-0.2, -0.15) is 0 Å². The van der Waals surface area contributed by atoms with Crippen LogP contribution in [0, 0.1) is 0 Å². The molecule has 26 heavy (non-hydrogen) atoms. The number of hydrogen-bond acceptors (Lipinski definition) is 7. The highest BCUT2D eigenvalue weighted by molar-refractivity contribution is 6.42. The molecule has 0 aliphatic rings. The zero-order valence-electron chi connectivity index (χ0n) is 13.2. The summed E-state index contributed by atoms with van der Waals surface area (Å²) in [6.45, 7) is 0. The molecule has 0 unspecified atom stereocenters. The molecule has 1 amide bonds. The Morgan fingerprint density at radius 2 is 1.88 bits per heavy atom. The standard InChI is InChI=1S/C16H13Cl2N7O/c17-11-4-3-10(6-12(11)18)23-14-13(19)15(22-8-21-14)24-25-16(26)9-2-1-5-20-7-9/h1-8H,19H2,(H,25,26)(H2,21,22,23,24). The van der Waals surface area contributed by atoms with E-state index in [0.717, 1.165) is 0 Å². The monoisotopic (exact) mass is 389 g/mol. The van der Waals surface area contributed by atoms with Crippen LogP contribution in [0.5, 0.6) is 0 Å². The van der Waals surface area contributed by atoms with Gasteiger partial charge in [-0.25, -0.2) is 9.97 Å². The highest BCUT2D eigenvalue weighted by Gasteiger charge is 2.11. The third kappa shape index (κ3) is 4.11. The van der Waals surface area contributed by atoms with Crippen LogP contribution in [0.2, 0.25) is 10.0 Å². The lowest BCUT2D eigenvalue weighted by Crippen LogP contribution is -2.30. The van der Waals surface area contributed by atoms with Crippen LogP contribution >= 0.6 is 23.2 Å². The number of aromatic nitrogens is 3. The predicted molar refractivity (Wildman–Crippen MR) is 102 cm³/mol. The van der Waals surface area contributed by atoms with Gasteiger partial charge in [0.2, 0.25) is 0 Å². The normalized spacial score (nSPS) is 10.2. The Labute approximate surface area is 158 Å². The fourth-order valence-corrected chi connectivity index (χ4v) is 2.29. The fraction of sp³-hybridized carbons (Fsp3) is 0. The first kappa shape index (κ1) is 17.7. The van der Waals surface area contributed by atoms with Crippen molar-refractivity contribution in [2.24, 2.45) is 0 Å². The second-order valence-corrected chi connectivity index (χ2v) is 5.87. The van der Waals surface area contributed by atoms with Gasteiger partial charge in [0, 0.05) is 18.1 Å². The van der Waals surface area contributed by atoms with Gasteiger partial charge >= 0.3 is 0 Å². The van der Waals surface area contributed by atoms with Crippen LogP contribution in [0.1, 0.15) is 10.4 Å². The highest BCUT2D eigenvalue weighted by Crippen LogP contribution is 2.29. The Hall–Kier alpha value is -3.10. The van der Waals surface area contributed by atoms with E-state index in [2.05, 4.69) is 31.1 Å². The van der Waals surface area contributed by atoms with Gasteiger partial charge in [0.05, 0.1) is 15.6 Å². The highest BCUT2D eigenvalue weighted by atomic mass is 35.5. The smallest absolute Gasteiger partial charge is 0.271 e. The maximum atomic E-state index is 12.0. The van der Waals surface area contributed by atoms with Gasteiger partial charge < -0.3 is 11.1 Å². The van der Waals surface area contributed by atoms with Crippen LogP contribution in [0.15, 0.2) is 49.1 Å². The molecular weight excluding hydrogens is 377 g/mol. The van der Waals surface area contributed by atoms with Crippen molar-refractivity contribution in [3.63, 3.8) is 0 Å². The largest absolute Gasteiger partial charge is 0.393 e. The van der Waals surface area contributed by atoms with E-state index < -0.39 is 0 Å². The van der Waals surface area contributed by atoms with Crippen LogP contribution in [0.25, 0.3) is 0 Å². The second kappa shape index (κ2) is 7.85. The van der Waals surface area contributed by atoms with Crippen molar-refractivity contribution in [3.8, 4) is 0 Å². The third-order valence-corrected chi connectivity index (χ3v) is 4.02. The average Bonchev–Trinajstić information content (AvgIpc) is 2.66. The summed E-state index contributed by atoms with van der Waals surface area (Å²) in [7, 11) is 0. The number of nitrogen functional groups attached to an aromatic ring is 1. The minimum Gasteiger partial charge on any atom is -0.393 e. The molecule has 10 heteroatoms. The molecule has 0 bridgehead atoms. The molecule has 0 spiro atoms. The number of benzene rings is 1. The average molecular weight is 390 g/mol. The van der Waals surface area contributed by atoms with Crippen molar-refractivity contribution in [2.45, 2.75) is 0 Å². The molecule has 132 valence electrons. The lowest BCUT2D eigenvalue weighted by atomic mass is 10.3. The maximum absolute atomic E-state index is 12.0. The maximum Gasteiger partial charge on any atom is 0.271 e. The number of nitrogens with two attached hydrogens (primary N) is 1. The molecule has 8 nitrogen and oxygen atoms in total. The zero-order valence-corrected chi connectivity index (χ0v) is 14.7. The van der Waals surface area contributed by atoms with E-state index in [1.165, 1.54) is 12.5 Å². The topological polar surface area (TPSA) is 118 Å². The molecule has 0 aliphatic heterocycles. The lowest BCUT2D eigenvalue weighted by Gasteiger charge is -2.13. The fourth-order valence-electron chi connectivity index (χ4n) is 1.99. The molecule has 0 saturated heterocycles. The molecule has 3 aromatic rings. The van der Waals surface area contributed by atoms with Gasteiger partial charge in [0.25, 0.3) is 5.91 Å². The SMILES string of the molecule is Nc1c(NNC(=O)c2cccnc2)ncnc1Nc1ccc(Cl)c(Cl)c1. The first-order valence-corrected chi connectivity index (χ1v) is 8.09. The van der Waals surface area contributed by atoms with Crippen LogP contribution in [-0.4, -0.2) is 20.9 Å². The van der Waals surface area contributed by atoms with Crippen LogP contribution in [-0.2, 0) is 0 Å².